The van der Waals surface area contributed by atoms with E-state index in [0.29, 0.717) is 27.1 Å². The Balaban J connectivity index is 1.44. The van der Waals surface area contributed by atoms with E-state index >= 15 is 0 Å². The highest BCUT2D eigenvalue weighted by Gasteiger charge is 2.22. The number of hydrogen-bond acceptors (Lipinski definition) is 5. The topological polar surface area (TPSA) is 75.3 Å². The van der Waals surface area contributed by atoms with Crippen LogP contribution < -0.4 is 10.1 Å². The number of benzene rings is 1. The van der Waals surface area contributed by atoms with Crippen molar-refractivity contribution in [2.75, 3.05) is 5.32 Å². The van der Waals surface area contributed by atoms with Gasteiger partial charge in [0, 0.05) is 9.90 Å². The smallest absolute Gasteiger partial charge is 0.292 e. The number of carbonyl (C=O) groups excluding carboxylic acids is 1. The Bertz CT molecular complexity index is 1080. The Labute approximate surface area is 177 Å². The lowest BCUT2D eigenvalue weighted by molar-refractivity contribution is 0.0993. The molecule has 0 bridgehead atoms. The van der Waals surface area contributed by atoms with Gasteiger partial charge in [-0.15, -0.1) is 11.3 Å². The molecule has 0 saturated heterocycles. The number of nitrogens with zero attached hydrogens (tertiary/aromatic N) is 1. The van der Waals surface area contributed by atoms with Crippen LogP contribution in [0.4, 0.5) is 5.00 Å². The number of nitrogens with one attached hydrogen (secondary N) is 1. The van der Waals surface area contributed by atoms with E-state index in [4.69, 9.17) is 20.8 Å². The molecule has 4 rings (SSSR count). The summed E-state index contributed by atoms with van der Waals surface area (Å²) in [6.07, 6.45) is 5.26. The predicted molar refractivity (Wildman–Crippen MR) is 113 cm³/mol. The number of ether oxygens (including phenoxy) is 1. The number of fused-ring (bicyclic) bond motifs is 1. The van der Waals surface area contributed by atoms with Crippen molar-refractivity contribution in [3.63, 3.8) is 0 Å². The molecule has 1 amide bonds. The molecule has 5 nitrogen and oxygen atoms in total. The second-order valence-corrected chi connectivity index (χ2v) is 8.39. The zero-order chi connectivity index (χ0) is 20.2. The molecule has 7 heteroatoms. The molecule has 1 N–H and O–H groups in total. The molecule has 1 aliphatic rings. The molecular weight excluding hydrogens is 408 g/mol. The van der Waals surface area contributed by atoms with Crippen molar-refractivity contribution in [3.05, 3.63) is 68.9 Å². The molecule has 0 unspecified atom stereocenters. The molecule has 0 saturated carbocycles. The second-order valence-electron chi connectivity index (χ2n) is 6.85. The van der Waals surface area contributed by atoms with Gasteiger partial charge in [0.05, 0.1) is 5.56 Å². The number of thiophene rings is 1. The van der Waals surface area contributed by atoms with Crippen molar-refractivity contribution in [2.45, 2.75) is 38.7 Å². The van der Waals surface area contributed by atoms with Crippen LogP contribution in [0.2, 0.25) is 5.02 Å². The molecule has 0 fully saturated rings. The summed E-state index contributed by atoms with van der Waals surface area (Å²) in [6.45, 7) is 0.185. The predicted octanol–water partition coefficient (Wildman–Crippen LogP) is 5.97. The summed E-state index contributed by atoms with van der Waals surface area (Å²) in [5.41, 5.74) is 1.69. The average molecular weight is 427 g/mol. The molecule has 2 aromatic heterocycles. The third-order valence-electron chi connectivity index (χ3n) is 4.82. The number of anilines is 1. The highest BCUT2D eigenvalue weighted by molar-refractivity contribution is 7.16. The van der Waals surface area contributed by atoms with Gasteiger partial charge < -0.3 is 14.5 Å². The van der Waals surface area contributed by atoms with Gasteiger partial charge in [0.2, 0.25) is 0 Å². The quantitative estimate of drug-likeness (QED) is 0.510. The molecule has 0 radical (unpaired) electrons. The fourth-order valence-electron chi connectivity index (χ4n) is 3.40. The summed E-state index contributed by atoms with van der Waals surface area (Å²) in [6, 6.07) is 12.7. The Morgan fingerprint density at radius 2 is 2.10 bits per heavy atom. The van der Waals surface area contributed by atoms with E-state index in [2.05, 4.69) is 11.4 Å². The fourth-order valence-corrected chi connectivity index (χ4v) is 4.82. The second kappa shape index (κ2) is 8.73. The van der Waals surface area contributed by atoms with E-state index < -0.39 is 0 Å². The number of rotatable bonds is 5. The Morgan fingerprint density at radius 3 is 2.93 bits per heavy atom. The van der Waals surface area contributed by atoms with Crippen LogP contribution in [0.3, 0.4) is 0 Å². The minimum Gasteiger partial charge on any atom is -0.486 e. The number of aryl methyl sites for hydroxylation is 1. The van der Waals surface area contributed by atoms with Crippen LogP contribution in [-0.4, -0.2) is 5.91 Å². The largest absolute Gasteiger partial charge is 0.486 e. The first-order valence-electron chi connectivity index (χ1n) is 9.47. The molecule has 148 valence electrons. The number of amides is 1. The SMILES string of the molecule is N#Cc1c(NC(=O)c2ccc(COc3cccc(Cl)c3)o2)sc2c1CCCCC2. The van der Waals surface area contributed by atoms with E-state index in [0.717, 1.165) is 31.2 Å². The van der Waals surface area contributed by atoms with E-state index in [1.807, 2.05) is 0 Å². The van der Waals surface area contributed by atoms with Crippen LogP contribution in [0.15, 0.2) is 40.8 Å². The number of carbonyl (C=O) groups is 1. The van der Waals surface area contributed by atoms with Gasteiger partial charge in [-0.1, -0.05) is 24.1 Å². The maximum absolute atomic E-state index is 12.6. The summed E-state index contributed by atoms with van der Waals surface area (Å²) in [5.74, 6) is 0.963. The summed E-state index contributed by atoms with van der Waals surface area (Å²) >= 11 is 7.45. The third-order valence-corrected chi connectivity index (χ3v) is 6.27. The standard InChI is InChI=1S/C22H19ClN2O3S/c23-14-5-4-6-15(11-14)27-13-16-9-10-19(28-16)21(26)25-22-18(12-24)17-7-2-1-3-8-20(17)29-22/h4-6,9-11H,1-3,7-8,13H2,(H,25,26). The van der Waals surface area contributed by atoms with Gasteiger partial charge in [-0.05, 0) is 61.6 Å². The van der Waals surface area contributed by atoms with Crippen LogP contribution in [0.5, 0.6) is 5.75 Å². The minimum atomic E-state index is -0.369. The van der Waals surface area contributed by atoms with Gasteiger partial charge in [-0.2, -0.15) is 5.26 Å². The van der Waals surface area contributed by atoms with Crippen LogP contribution >= 0.6 is 22.9 Å². The Hall–Kier alpha value is -2.75. The number of nitriles is 1. The molecular formula is C22H19ClN2O3S. The lowest BCUT2D eigenvalue weighted by Gasteiger charge is -2.04. The summed E-state index contributed by atoms with van der Waals surface area (Å²) < 4.78 is 11.3. The number of hydrogen-bond donors (Lipinski definition) is 1. The maximum Gasteiger partial charge on any atom is 0.292 e. The first-order chi connectivity index (χ1) is 14.1. The molecule has 2 heterocycles. The van der Waals surface area contributed by atoms with E-state index in [1.54, 1.807) is 36.4 Å². The van der Waals surface area contributed by atoms with Crippen molar-refractivity contribution in [1.29, 1.82) is 5.26 Å². The molecule has 1 aliphatic carbocycles. The van der Waals surface area contributed by atoms with Gasteiger partial charge in [0.25, 0.3) is 5.91 Å². The van der Waals surface area contributed by atoms with E-state index in [9.17, 15) is 10.1 Å². The molecule has 0 aliphatic heterocycles. The highest BCUT2D eigenvalue weighted by Crippen LogP contribution is 2.37. The summed E-state index contributed by atoms with van der Waals surface area (Å²) in [4.78, 5) is 13.8. The van der Waals surface area contributed by atoms with Crippen molar-refractivity contribution < 1.29 is 13.9 Å². The van der Waals surface area contributed by atoms with Crippen LogP contribution in [-0.2, 0) is 19.4 Å². The van der Waals surface area contributed by atoms with Crippen LogP contribution in [0.1, 0.15) is 51.6 Å². The van der Waals surface area contributed by atoms with Gasteiger partial charge in [0.15, 0.2) is 5.76 Å². The van der Waals surface area contributed by atoms with Crippen molar-refractivity contribution in [3.8, 4) is 11.8 Å². The first kappa shape index (κ1) is 19.6. The number of furan rings is 1. The minimum absolute atomic E-state index is 0.183. The van der Waals surface area contributed by atoms with Gasteiger partial charge >= 0.3 is 0 Å². The van der Waals surface area contributed by atoms with Crippen molar-refractivity contribution >= 4 is 33.8 Å². The molecule has 0 spiro atoms. The summed E-state index contributed by atoms with van der Waals surface area (Å²) in [7, 11) is 0. The average Bonchev–Trinajstić information content (AvgIpc) is 3.24. The zero-order valence-corrected chi connectivity index (χ0v) is 17.2. The van der Waals surface area contributed by atoms with Crippen molar-refractivity contribution in [1.82, 2.24) is 0 Å². The van der Waals surface area contributed by atoms with E-state index in [-0.39, 0.29) is 18.3 Å². The van der Waals surface area contributed by atoms with Gasteiger partial charge in [-0.3, -0.25) is 4.79 Å². The normalized spacial score (nSPS) is 13.2. The lowest BCUT2D eigenvalue weighted by atomic mass is 10.1. The fraction of sp³-hybridized carbons (Fsp3) is 0.273. The summed E-state index contributed by atoms with van der Waals surface area (Å²) in [5, 5.41) is 13.6. The first-order valence-corrected chi connectivity index (χ1v) is 10.7. The monoisotopic (exact) mass is 426 g/mol. The molecule has 0 atom stereocenters. The molecule has 1 aromatic carbocycles. The van der Waals surface area contributed by atoms with Crippen molar-refractivity contribution in [2.24, 2.45) is 0 Å². The lowest BCUT2D eigenvalue weighted by Crippen LogP contribution is -2.11. The third kappa shape index (κ3) is 4.47. The molecule has 3 aromatic rings. The maximum atomic E-state index is 12.6. The van der Waals surface area contributed by atoms with Crippen LogP contribution in [0.25, 0.3) is 0 Å². The Kier molecular flexibility index (Phi) is 5.89. The van der Waals surface area contributed by atoms with E-state index in [1.165, 1.54) is 22.6 Å². The highest BCUT2D eigenvalue weighted by atomic mass is 35.5. The van der Waals surface area contributed by atoms with Crippen LogP contribution in [0, 0.1) is 11.3 Å². The molecule has 29 heavy (non-hydrogen) atoms. The Morgan fingerprint density at radius 1 is 1.24 bits per heavy atom. The van der Waals surface area contributed by atoms with Gasteiger partial charge in [-0.25, -0.2) is 0 Å². The van der Waals surface area contributed by atoms with Gasteiger partial charge in [0.1, 0.15) is 29.2 Å². The number of halogens is 1. The zero-order valence-electron chi connectivity index (χ0n) is 15.7.